The Hall–Kier alpha value is -3.93. The van der Waals surface area contributed by atoms with E-state index in [0.717, 1.165) is 16.7 Å². The van der Waals surface area contributed by atoms with Crippen molar-refractivity contribution in [1.82, 2.24) is 5.32 Å². The second kappa shape index (κ2) is 10.0. The second-order valence-corrected chi connectivity index (χ2v) is 6.53. The molecule has 0 unspecified atom stereocenters. The topological polar surface area (TPSA) is 81.7 Å². The molecule has 0 saturated heterocycles. The predicted octanol–water partition coefficient (Wildman–Crippen LogP) is 3.75. The van der Waals surface area contributed by atoms with Crippen LogP contribution in [0.15, 0.2) is 78.9 Å². The Kier molecular flexibility index (Phi) is 6.95. The van der Waals surface area contributed by atoms with Gasteiger partial charge in [-0.2, -0.15) is 0 Å². The van der Waals surface area contributed by atoms with Crippen LogP contribution in [-0.4, -0.2) is 24.5 Å². The number of hydrogen-bond donors (Lipinski definition) is 1. The SMILES string of the molecule is CC(=O)Oc1ccc(-c2ccc(C(=O)OCC(=O)NCc3ccccc3)cc2)cc1. The molecule has 152 valence electrons. The van der Waals surface area contributed by atoms with Crippen LogP contribution in [0.2, 0.25) is 0 Å². The standard InChI is InChI=1S/C24H21NO5/c1-17(26)30-22-13-11-20(12-14-22)19-7-9-21(10-8-19)24(28)29-16-23(27)25-15-18-5-3-2-4-6-18/h2-14H,15-16H2,1H3,(H,25,27). The monoisotopic (exact) mass is 403 g/mol. The van der Waals surface area contributed by atoms with E-state index in [1.54, 1.807) is 36.4 Å². The zero-order valence-corrected chi connectivity index (χ0v) is 16.5. The molecule has 1 N–H and O–H groups in total. The third-order valence-corrected chi connectivity index (χ3v) is 4.24. The Morgan fingerprint density at radius 3 is 2.00 bits per heavy atom. The first-order valence-electron chi connectivity index (χ1n) is 9.38. The van der Waals surface area contributed by atoms with Gasteiger partial charge in [-0.05, 0) is 41.0 Å². The average molecular weight is 403 g/mol. The summed E-state index contributed by atoms with van der Waals surface area (Å²) in [4.78, 5) is 35.0. The van der Waals surface area contributed by atoms with Crippen LogP contribution < -0.4 is 10.1 Å². The minimum atomic E-state index is -0.568. The fourth-order valence-electron chi connectivity index (χ4n) is 2.74. The van der Waals surface area contributed by atoms with E-state index in [4.69, 9.17) is 9.47 Å². The summed E-state index contributed by atoms with van der Waals surface area (Å²) in [5.74, 6) is -0.838. The molecule has 1 amide bonds. The van der Waals surface area contributed by atoms with E-state index < -0.39 is 5.97 Å². The summed E-state index contributed by atoms with van der Waals surface area (Å²) in [6, 6.07) is 23.4. The molecule has 0 heterocycles. The minimum Gasteiger partial charge on any atom is -0.452 e. The number of carbonyl (C=O) groups is 3. The lowest BCUT2D eigenvalue weighted by Crippen LogP contribution is -2.28. The molecule has 0 aliphatic rings. The highest BCUT2D eigenvalue weighted by atomic mass is 16.5. The molecule has 30 heavy (non-hydrogen) atoms. The molecule has 3 aromatic rings. The van der Waals surface area contributed by atoms with Crippen molar-refractivity contribution in [3.63, 3.8) is 0 Å². The summed E-state index contributed by atoms with van der Waals surface area (Å²) < 4.78 is 10.1. The van der Waals surface area contributed by atoms with E-state index in [1.165, 1.54) is 6.92 Å². The summed E-state index contributed by atoms with van der Waals surface area (Å²) >= 11 is 0. The Morgan fingerprint density at radius 2 is 1.40 bits per heavy atom. The first-order chi connectivity index (χ1) is 14.5. The van der Waals surface area contributed by atoms with Crippen LogP contribution in [0.3, 0.4) is 0 Å². The number of rotatable bonds is 7. The summed E-state index contributed by atoms with van der Waals surface area (Å²) in [6.45, 7) is 1.38. The first-order valence-corrected chi connectivity index (χ1v) is 9.38. The number of benzene rings is 3. The second-order valence-electron chi connectivity index (χ2n) is 6.53. The van der Waals surface area contributed by atoms with Crippen LogP contribution in [0, 0.1) is 0 Å². The third kappa shape index (κ3) is 6.04. The molecular formula is C24H21NO5. The summed E-state index contributed by atoms with van der Waals surface area (Å²) in [5, 5.41) is 2.71. The number of amides is 1. The maximum Gasteiger partial charge on any atom is 0.338 e. The zero-order valence-electron chi connectivity index (χ0n) is 16.5. The van der Waals surface area contributed by atoms with Crippen molar-refractivity contribution in [2.24, 2.45) is 0 Å². The highest BCUT2D eigenvalue weighted by Gasteiger charge is 2.10. The van der Waals surface area contributed by atoms with Crippen LogP contribution in [0.25, 0.3) is 11.1 Å². The van der Waals surface area contributed by atoms with Crippen LogP contribution in [-0.2, 0) is 20.9 Å². The van der Waals surface area contributed by atoms with Gasteiger partial charge >= 0.3 is 11.9 Å². The largest absolute Gasteiger partial charge is 0.452 e. The molecule has 0 fully saturated rings. The quantitative estimate of drug-likeness (QED) is 0.480. The van der Waals surface area contributed by atoms with Crippen molar-refractivity contribution in [3.8, 4) is 16.9 Å². The van der Waals surface area contributed by atoms with Crippen LogP contribution in [0.4, 0.5) is 0 Å². The van der Waals surface area contributed by atoms with Gasteiger partial charge in [0.25, 0.3) is 5.91 Å². The molecule has 6 heteroatoms. The highest BCUT2D eigenvalue weighted by Crippen LogP contribution is 2.23. The Labute approximate surface area is 174 Å². The maximum absolute atomic E-state index is 12.2. The van der Waals surface area contributed by atoms with E-state index in [0.29, 0.717) is 17.9 Å². The molecule has 3 aromatic carbocycles. The lowest BCUT2D eigenvalue weighted by atomic mass is 10.0. The molecule has 0 atom stereocenters. The van der Waals surface area contributed by atoms with Gasteiger partial charge in [0.15, 0.2) is 6.61 Å². The van der Waals surface area contributed by atoms with Crippen molar-refractivity contribution in [2.45, 2.75) is 13.5 Å². The van der Waals surface area contributed by atoms with Crippen LogP contribution in [0.1, 0.15) is 22.8 Å². The lowest BCUT2D eigenvalue weighted by Gasteiger charge is -2.08. The number of carbonyl (C=O) groups excluding carboxylic acids is 3. The van der Waals surface area contributed by atoms with Gasteiger partial charge in [-0.25, -0.2) is 4.79 Å². The van der Waals surface area contributed by atoms with Gasteiger partial charge in [-0.3, -0.25) is 9.59 Å². The van der Waals surface area contributed by atoms with Crippen molar-refractivity contribution < 1.29 is 23.9 Å². The first kappa shape index (κ1) is 20.8. The number of ether oxygens (including phenoxy) is 2. The van der Waals surface area contributed by atoms with E-state index in [9.17, 15) is 14.4 Å². The molecule has 3 rings (SSSR count). The van der Waals surface area contributed by atoms with Crippen molar-refractivity contribution in [2.75, 3.05) is 6.61 Å². The normalized spacial score (nSPS) is 10.2. The van der Waals surface area contributed by atoms with Gasteiger partial charge in [0.1, 0.15) is 5.75 Å². The van der Waals surface area contributed by atoms with Crippen molar-refractivity contribution in [3.05, 3.63) is 90.0 Å². The van der Waals surface area contributed by atoms with E-state index in [1.807, 2.05) is 42.5 Å². The van der Waals surface area contributed by atoms with E-state index >= 15 is 0 Å². The van der Waals surface area contributed by atoms with Gasteiger partial charge < -0.3 is 14.8 Å². The molecule has 0 aliphatic carbocycles. The average Bonchev–Trinajstić information content (AvgIpc) is 2.77. The molecule has 0 saturated carbocycles. The Morgan fingerprint density at radius 1 is 0.800 bits per heavy atom. The van der Waals surface area contributed by atoms with Crippen molar-refractivity contribution >= 4 is 17.8 Å². The zero-order chi connectivity index (χ0) is 21.3. The van der Waals surface area contributed by atoms with Gasteiger partial charge in [0.05, 0.1) is 5.56 Å². The van der Waals surface area contributed by atoms with Gasteiger partial charge in [0, 0.05) is 13.5 Å². The molecular weight excluding hydrogens is 382 g/mol. The Balaban J connectivity index is 1.51. The minimum absolute atomic E-state index is 0.342. The highest BCUT2D eigenvalue weighted by molar-refractivity contribution is 5.91. The summed E-state index contributed by atoms with van der Waals surface area (Å²) in [5.41, 5.74) is 3.12. The smallest absolute Gasteiger partial charge is 0.338 e. The molecule has 0 radical (unpaired) electrons. The molecule has 0 aromatic heterocycles. The molecule has 0 spiro atoms. The van der Waals surface area contributed by atoms with Crippen LogP contribution >= 0.6 is 0 Å². The number of esters is 2. The maximum atomic E-state index is 12.2. The Bertz CT molecular complexity index is 1010. The third-order valence-electron chi connectivity index (χ3n) is 4.24. The summed E-state index contributed by atoms with van der Waals surface area (Å²) in [6.07, 6.45) is 0. The van der Waals surface area contributed by atoms with Gasteiger partial charge in [-0.1, -0.05) is 54.6 Å². The van der Waals surface area contributed by atoms with Gasteiger partial charge in [0.2, 0.25) is 0 Å². The van der Waals surface area contributed by atoms with Gasteiger partial charge in [-0.15, -0.1) is 0 Å². The predicted molar refractivity (Wildman–Crippen MR) is 112 cm³/mol. The van der Waals surface area contributed by atoms with Crippen molar-refractivity contribution in [1.29, 1.82) is 0 Å². The van der Waals surface area contributed by atoms with E-state index in [2.05, 4.69) is 5.32 Å². The summed E-state index contributed by atoms with van der Waals surface area (Å²) in [7, 11) is 0. The fourth-order valence-corrected chi connectivity index (χ4v) is 2.74. The van der Waals surface area contributed by atoms with Crippen LogP contribution in [0.5, 0.6) is 5.75 Å². The lowest BCUT2D eigenvalue weighted by molar-refractivity contribution is -0.131. The number of hydrogen-bond acceptors (Lipinski definition) is 5. The molecule has 0 aliphatic heterocycles. The fraction of sp³-hybridized carbons (Fsp3) is 0.125. The number of nitrogens with one attached hydrogen (secondary N) is 1. The molecule has 0 bridgehead atoms. The molecule has 6 nitrogen and oxygen atoms in total. The van der Waals surface area contributed by atoms with E-state index in [-0.39, 0.29) is 18.5 Å².